The van der Waals surface area contributed by atoms with Crippen LogP contribution < -0.4 is 9.80 Å². The summed E-state index contributed by atoms with van der Waals surface area (Å²) >= 11 is 1.56. The van der Waals surface area contributed by atoms with Crippen LogP contribution in [-0.2, 0) is 4.74 Å². The fourth-order valence-corrected chi connectivity index (χ4v) is 3.77. The number of hydrogen-bond acceptors (Lipinski definition) is 7. The van der Waals surface area contributed by atoms with E-state index in [1.807, 2.05) is 34.0 Å². The zero-order valence-electron chi connectivity index (χ0n) is 14.0. The molecule has 0 bridgehead atoms. The van der Waals surface area contributed by atoms with Crippen molar-refractivity contribution >= 4 is 29.0 Å². The maximum absolute atomic E-state index is 12.4. The van der Waals surface area contributed by atoms with Gasteiger partial charge in [-0.15, -0.1) is 0 Å². The highest BCUT2D eigenvalue weighted by Crippen LogP contribution is 2.19. The molecule has 2 aromatic rings. The molecular weight excluding hydrogens is 338 g/mol. The van der Waals surface area contributed by atoms with Crippen LogP contribution in [0.5, 0.6) is 0 Å². The minimum Gasteiger partial charge on any atom is -0.378 e. The summed E-state index contributed by atoms with van der Waals surface area (Å²) in [6.07, 6.45) is 1.82. The van der Waals surface area contributed by atoms with Gasteiger partial charge in [-0.1, -0.05) is 0 Å². The number of aromatic nitrogens is 2. The van der Waals surface area contributed by atoms with Gasteiger partial charge < -0.3 is 19.4 Å². The van der Waals surface area contributed by atoms with E-state index in [0.717, 1.165) is 56.7 Å². The average molecular weight is 359 g/mol. The van der Waals surface area contributed by atoms with E-state index >= 15 is 0 Å². The second kappa shape index (κ2) is 7.37. The summed E-state index contributed by atoms with van der Waals surface area (Å²) in [5.41, 5.74) is 0.787. The maximum atomic E-state index is 12.4. The highest BCUT2D eigenvalue weighted by molar-refractivity contribution is 7.08. The Bertz CT molecular complexity index is 710. The van der Waals surface area contributed by atoms with Crippen molar-refractivity contribution < 1.29 is 9.53 Å². The van der Waals surface area contributed by atoms with Gasteiger partial charge in [-0.3, -0.25) is 4.79 Å². The molecule has 0 aromatic carbocycles. The Kier molecular flexibility index (Phi) is 4.80. The summed E-state index contributed by atoms with van der Waals surface area (Å²) < 4.78 is 5.39. The van der Waals surface area contributed by atoms with Crippen molar-refractivity contribution in [2.24, 2.45) is 0 Å². The first-order valence-electron chi connectivity index (χ1n) is 8.53. The van der Waals surface area contributed by atoms with Gasteiger partial charge in [0.2, 0.25) is 5.95 Å². The Morgan fingerprint density at radius 3 is 2.56 bits per heavy atom. The Labute approximate surface area is 150 Å². The summed E-state index contributed by atoms with van der Waals surface area (Å²) in [5.74, 6) is 1.81. The molecule has 25 heavy (non-hydrogen) atoms. The van der Waals surface area contributed by atoms with Crippen LogP contribution in [0.15, 0.2) is 29.1 Å². The number of anilines is 2. The lowest BCUT2D eigenvalue weighted by molar-refractivity contribution is 0.0747. The maximum Gasteiger partial charge on any atom is 0.254 e. The van der Waals surface area contributed by atoms with Gasteiger partial charge in [0.05, 0.1) is 18.8 Å². The summed E-state index contributed by atoms with van der Waals surface area (Å²) in [6, 6.07) is 3.83. The molecule has 8 heteroatoms. The number of amides is 1. The van der Waals surface area contributed by atoms with Crippen molar-refractivity contribution in [1.29, 1.82) is 0 Å². The van der Waals surface area contributed by atoms with Gasteiger partial charge in [0.25, 0.3) is 5.91 Å². The number of ether oxygens (including phenoxy) is 1. The van der Waals surface area contributed by atoms with E-state index in [1.54, 1.807) is 11.3 Å². The fourth-order valence-electron chi connectivity index (χ4n) is 3.14. The molecule has 2 aromatic heterocycles. The Balaban J connectivity index is 1.40. The van der Waals surface area contributed by atoms with Crippen LogP contribution in [0.4, 0.5) is 11.8 Å². The monoisotopic (exact) mass is 359 g/mol. The SMILES string of the molecule is O=C(c1ccsc1)N1CCN(c2ccnc(N3CCOCC3)n2)CC1. The standard InChI is InChI=1S/C17H21N5O2S/c23-16(14-2-12-25-13-14)21-6-4-20(5-7-21)15-1-3-18-17(19-15)22-8-10-24-11-9-22/h1-3,12-13H,4-11H2. The minimum absolute atomic E-state index is 0.123. The number of piperazine rings is 1. The van der Waals surface area contributed by atoms with Gasteiger partial charge in [0.1, 0.15) is 5.82 Å². The molecule has 132 valence electrons. The number of hydrogen-bond donors (Lipinski definition) is 0. The number of nitrogens with zero attached hydrogens (tertiary/aromatic N) is 5. The predicted octanol–water partition coefficient (Wildman–Crippen LogP) is 1.34. The van der Waals surface area contributed by atoms with Crippen molar-refractivity contribution in [1.82, 2.24) is 14.9 Å². The molecule has 0 radical (unpaired) electrons. The molecule has 1 amide bonds. The molecule has 4 rings (SSSR count). The van der Waals surface area contributed by atoms with E-state index in [0.29, 0.717) is 13.1 Å². The number of rotatable bonds is 3. The highest BCUT2D eigenvalue weighted by atomic mass is 32.1. The normalized spacial score (nSPS) is 18.5. The van der Waals surface area contributed by atoms with Crippen molar-refractivity contribution in [2.45, 2.75) is 0 Å². The molecule has 2 saturated heterocycles. The van der Waals surface area contributed by atoms with Crippen molar-refractivity contribution in [3.63, 3.8) is 0 Å². The van der Waals surface area contributed by atoms with Crippen LogP contribution in [0.3, 0.4) is 0 Å². The predicted molar refractivity (Wildman–Crippen MR) is 97.5 cm³/mol. The minimum atomic E-state index is 0.123. The van der Waals surface area contributed by atoms with E-state index in [-0.39, 0.29) is 5.91 Å². The number of carbonyl (C=O) groups excluding carboxylic acids is 1. The van der Waals surface area contributed by atoms with Crippen LogP contribution in [-0.4, -0.2) is 73.3 Å². The molecule has 0 atom stereocenters. The van der Waals surface area contributed by atoms with Gasteiger partial charge in [0, 0.05) is 50.8 Å². The Morgan fingerprint density at radius 2 is 1.84 bits per heavy atom. The molecule has 2 aliphatic heterocycles. The molecule has 0 saturated carbocycles. The second-order valence-electron chi connectivity index (χ2n) is 6.11. The molecule has 7 nitrogen and oxygen atoms in total. The average Bonchev–Trinajstić information content (AvgIpc) is 3.23. The third kappa shape index (κ3) is 3.59. The first kappa shape index (κ1) is 16.3. The molecular formula is C17H21N5O2S. The van der Waals surface area contributed by atoms with Crippen LogP contribution in [0.2, 0.25) is 0 Å². The smallest absolute Gasteiger partial charge is 0.254 e. The number of thiophene rings is 1. The lowest BCUT2D eigenvalue weighted by atomic mass is 10.2. The molecule has 2 aliphatic rings. The Hall–Kier alpha value is -2.19. The van der Waals surface area contributed by atoms with Gasteiger partial charge in [0.15, 0.2) is 0 Å². The zero-order chi connectivity index (χ0) is 17.1. The molecule has 0 spiro atoms. The summed E-state index contributed by atoms with van der Waals surface area (Å²) in [6.45, 7) is 6.09. The van der Waals surface area contributed by atoms with E-state index < -0.39 is 0 Å². The fraction of sp³-hybridized carbons (Fsp3) is 0.471. The first-order valence-corrected chi connectivity index (χ1v) is 9.48. The van der Waals surface area contributed by atoms with E-state index in [2.05, 4.69) is 14.8 Å². The summed E-state index contributed by atoms with van der Waals surface area (Å²) in [7, 11) is 0. The van der Waals surface area contributed by atoms with Gasteiger partial charge in [-0.2, -0.15) is 16.3 Å². The third-order valence-corrected chi connectivity index (χ3v) is 5.26. The van der Waals surface area contributed by atoms with Gasteiger partial charge >= 0.3 is 0 Å². The van der Waals surface area contributed by atoms with E-state index in [4.69, 9.17) is 9.72 Å². The van der Waals surface area contributed by atoms with Crippen molar-refractivity contribution in [3.8, 4) is 0 Å². The second-order valence-corrected chi connectivity index (χ2v) is 6.89. The first-order chi connectivity index (χ1) is 12.3. The van der Waals surface area contributed by atoms with E-state index in [9.17, 15) is 4.79 Å². The van der Waals surface area contributed by atoms with Crippen LogP contribution in [0.1, 0.15) is 10.4 Å². The van der Waals surface area contributed by atoms with Crippen LogP contribution in [0, 0.1) is 0 Å². The lowest BCUT2D eigenvalue weighted by Gasteiger charge is -2.35. The topological polar surface area (TPSA) is 61.8 Å². The van der Waals surface area contributed by atoms with Crippen molar-refractivity contribution in [2.75, 3.05) is 62.3 Å². The quantitative estimate of drug-likeness (QED) is 0.824. The number of morpholine rings is 1. The number of carbonyl (C=O) groups is 1. The van der Waals surface area contributed by atoms with Crippen LogP contribution in [0.25, 0.3) is 0 Å². The Morgan fingerprint density at radius 1 is 1.04 bits per heavy atom. The van der Waals surface area contributed by atoms with Crippen molar-refractivity contribution in [3.05, 3.63) is 34.7 Å². The summed E-state index contributed by atoms with van der Waals surface area (Å²) in [5, 5.41) is 3.85. The molecule has 4 heterocycles. The molecule has 0 N–H and O–H groups in total. The molecule has 2 fully saturated rings. The van der Waals surface area contributed by atoms with Crippen LogP contribution >= 0.6 is 11.3 Å². The summed E-state index contributed by atoms with van der Waals surface area (Å²) in [4.78, 5) is 27.9. The zero-order valence-corrected chi connectivity index (χ0v) is 14.8. The largest absolute Gasteiger partial charge is 0.378 e. The molecule has 0 aliphatic carbocycles. The van der Waals surface area contributed by atoms with Gasteiger partial charge in [-0.25, -0.2) is 4.98 Å². The lowest BCUT2D eigenvalue weighted by Crippen LogP contribution is -2.49. The third-order valence-electron chi connectivity index (χ3n) is 4.58. The molecule has 0 unspecified atom stereocenters. The van der Waals surface area contributed by atoms with Gasteiger partial charge in [-0.05, 0) is 17.5 Å². The van der Waals surface area contributed by atoms with E-state index in [1.165, 1.54) is 0 Å². The highest BCUT2D eigenvalue weighted by Gasteiger charge is 2.24.